The lowest BCUT2D eigenvalue weighted by atomic mass is 10.0. The fraction of sp³-hybridized carbons (Fsp3) is 0.304. The molecule has 3 rings (SSSR count). The molecule has 0 aliphatic rings. The van der Waals surface area contributed by atoms with Crippen molar-refractivity contribution in [2.75, 3.05) is 6.61 Å². The van der Waals surface area contributed by atoms with E-state index >= 15 is 0 Å². The smallest absolute Gasteiger partial charge is 0.416 e. The number of aryl methyl sites for hydroxylation is 4. The Morgan fingerprint density at radius 2 is 1.81 bits per heavy atom. The van der Waals surface area contributed by atoms with E-state index in [1.165, 1.54) is 23.5 Å². The molecule has 2 aromatic carbocycles. The minimum absolute atomic E-state index is 0.480. The largest absolute Gasteiger partial charge is 0.546 e. The van der Waals surface area contributed by atoms with Crippen molar-refractivity contribution in [1.29, 1.82) is 0 Å². The van der Waals surface area contributed by atoms with Crippen LogP contribution in [0.4, 0.5) is 13.2 Å². The van der Waals surface area contributed by atoms with E-state index in [0.717, 1.165) is 53.1 Å². The Bertz CT molecular complexity index is 1060. The number of alkyl halides is 3. The lowest BCUT2D eigenvalue weighted by Crippen LogP contribution is -2.29. The number of carbonyl (C=O) groups excluding carboxylic acids is 1. The third-order valence-electron chi connectivity index (χ3n) is 4.81. The molecule has 0 radical (unpaired) electrons. The third kappa shape index (κ3) is 6.07. The van der Waals surface area contributed by atoms with Crippen molar-refractivity contribution in [3.63, 3.8) is 0 Å². The van der Waals surface area contributed by atoms with Gasteiger partial charge >= 0.3 is 6.18 Å². The van der Waals surface area contributed by atoms with Crippen molar-refractivity contribution in [2.45, 2.75) is 39.3 Å². The van der Waals surface area contributed by atoms with Gasteiger partial charge in [0.05, 0.1) is 17.2 Å². The first-order valence-corrected chi connectivity index (χ1v) is 10.5. The zero-order valence-electron chi connectivity index (χ0n) is 17.1. The average Bonchev–Trinajstić information content (AvgIpc) is 3.07. The lowest BCUT2D eigenvalue weighted by Gasteiger charge is -2.11. The van der Waals surface area contributed by atoms with Gasteiger partial charge in [-0.25, -0.2) is 4.98 Å². The van der Waals surface area contributed by atoms with E-state index in [0.29, 0.717) is 16.3 Å². The van der Waals surface area contributed by atoms with Crippen LogP contribution in [-0.4, -0.2) is 17.6 Å². The lowest BCUT2D eigenvalue weighted by molar-refractivity contribution is -0.307. The second-order valence-electron chi connectivity index (χ2n) is 7.22. The van der Waals surface area contributed by atoms with Gasteiger partial charge in [-0.3, -0.25) is 0 Å². The second kappa shape index (κ2) is 9.51. The van der Waals surface area contributed by atoms with Crippen molar-refractivity contribution in [2.24, 2.45) is 0 Å². The molecule has 1 heterocycles. The van der Waals surface area contributed by atoms with Crippen molar-refractivity contribution in [3.05, 3.63) is 69.7 Å². The molecule has 4 nitrogen and oxygen atoms in total. The standard InChI is InChI=1S/C23H22F3NO3S/c1-14-12-16(6-11-19(14)30-13-21(28)29)4-3-5-20-15(2)27-22(31-20)17-7-9-18(10-8-17)23(24,25)26/h6-12H,3-5,13H2,1-2H3,(H,28,29)/p-1. The molecule has 8 heteroatoms. The van der Waals surface area contributed by atoms with E-state index in [2.05, 4.69) is 4.98 Å². The fourth-order valence-corrected chi connectivity index (χ4v) is 4.31. The van der Waals surface area contributed by atoms with E-state index in [1.54, 1.807) is 6.07 Å². The highest BCUT2D eigenvalue weighted by atomic mass is 32.1. The summed E-state index contributed by atoms with van der Waals surface area (Å²) < 4.78 is 43.4. The molecule has 0 fully saturated rings. The SMILES string of the molecule is Cc1cc(CCCc2sc(-c3ccc(C(F)(F)F)cc3)nc2C)ccc1OCC(=O)[O-]. The maximum Gasteiger partial charge on any atom is 0.416 e. The van der Waals surface area contributed by atoms with Gasteiger partial charge in [-0.1, -0.05) is 24.3 Å². The molecule has 0 atom stereocenters. The van der Waals surface area contributed by atoms with E-state index in [4.69, 9.17) is 4.74 Å². The molecule has 0 aliphatic heterocycles. The zero-order chi connectivity index (χ0) is 22.6. The van der Waals surface area contributed by atoms with Gasteiger partial charge in [0.15, 0.2) is 0 Å². The minimum atomic E-state index is -4.35. The molecule has 0 N–H and O–H groups in total. The number of halogens is 3. The van der Waals surface area contributed by atoms with Crippen molar-refractivity contribution < 1.29 is 27.8 Å². The number of rotatable bonds is 8. The van der Waals surface area contributed by atoms with Crippen LogP contribution in [0.5, 0.6) is 5.75 Å². The van der Waals surface area contributed by atoms with Crippen LogP contribution in [0.15, 0.2) is 42.5 Å². The van der Waals surface area contributed by atoms with Gasteiger partial charge in [0.25, 0.3) is 0 Å². The number of carboxylic acids is 1. The number of nitrogens with zero attached hydrogens (tertiary/aromatic N) is 1. The number of benzene rings is 2. The van der Waals surface area contributed by atoms with Gasteiger partial charge in [0, 0.05) is 10.4 Å². The van der Waals surface area contributed by atoms with Gasteiger partial charge < -0.3 is 14.6 Å². The second-order valence-corrected chi connectivity index (χ2v) is 8.30. The predicted molar refractivity (Wildman–Crippen MR) is 111 cm³/mol. The molecule has 1 aromatic heterocycles. The molecule has 0 saturated heterocycles. The fourth-order valence-electron chi connectivity index (χ4n) is 3.20. The molecular weight excluding hydrogens is 427 g/mol. The number of carbonyl (C=O) groups is 1. The Morgan fingerprint density at radius 3 is 2.42 bits per heavy atom. The van der Waals surface area contributed by atoms with Crippen LogP contribution < -0.4 is 9.84 Å². The zero-order valence-corrected chi connectivity index (χ0v) is 17.9. The van der Waals surface area contributed by atoms with Gasteiger partial charge in [0.2, 0.25) is 0 Å². The first-order chi connectivity index (χ1) is 14.6. The first-order valence-electron chi connectivity index (χ1n) is 9.69. The number of aromatic nitrogens is 1. The Balaban J connectivity index is 1.60. The number of hydrogen-bond acceptors (Lipinski definition) is 5. The quantitative estimate of drug-likeness (QED) is 0.499. The summed E-state index contributed by atoms with van der Waals surface area (Å²) in [5, 5.41) is 11.2. The van der Waals surface area contributed by atoms with Gasteiger partial charge in [0.1, 0.15) is 17.4 Å². The van der Waals surface area contributed by atoms with Crippen molar-refractivity contribution >= 4 is 17.3 Å². The summed E-state index contributed by atoms with van der Waals surface area (Å²) in [6, 6.07) is 10.7. The molecule has 3 aromatic rings. The van der Waals surface area contributed by atoms with E-state index in [1.807, 2.05) is 26.0 Å². The number of carboxylic acid groups (broad SMARTS) is 1. The highest BCUT2D eigenvalue weighted by molar-refractivity contribution is 7.15. The summed E-state index contributed by atoms with van der Waals surface area (Å²) >= 11 is 1.50. The Labute approximate surface area is 182 Å². The number of thiazole rings is 1. The molecule has 0 bridgehead atoms. The Morgan fingerprint density at radius 1 is 1.10 bits per heavy atom. The molecular formula is C23H21F3NO3S-. The molecule has 164 valence electrons. The molecule has 0 amide bonds. The Kier molecular flexibility index (Phi) is 7.00. The van der Waals surface area contributed by atoms with Crippen LogP contribution in [0.2, 0.25) is 0 Å². The average molecular weight is 448 g/mol. The van der Waals surface area contributed by atoms with Crippen LogP contribution >= 0.6 is 11.3 Å². The predicted octanol–water partition coefficient (Wildman–Crippen LogP) is 4.75. The molecule has 31 heavy (non-hydrogen) atoms. The summed E-state index contributed by atoms with van der Waals surface area (Å²) in [6.45, 7) is 3.29. The summed E-state index contributed by atoms with van der Waals surface area (Å²) in [5.41, 5.74) is 2.87. The summed E-state index contributed by atoms with van der Waals surface area (Å²) in [4.78, 5) is 16.2. The maximum atomic E-state index is 12.7. The van der Waals surface area contributed by atoms with Crippen molar-refractivity contribution in [1.82, 2.24) is 4.98 Å². The summed E-state index contributed by atoms with van der Waals surface area (Å²) in [6.07, 6.45) is -1.83. The van der Waals surface area contributed by atoms with Crippen LogP contribution in [-0.2, 0) is 23.8 Å². The van der Waals surface area contributed by atoms with E-state index in [-0.39, 0.29) is 0 Å². The Hall–Kier alpha value is -2.87. The molecule has 0 saturated carbocycles. The maximum absolute atomic E-state index is 12.7. The first kappa shape index (κ1) is 22.8. The highest BCUT2D eigenvalue weighted by Gasteiger charge is 2.30. The number of aliphatic carboxylic acids is 1. The van der Waals surface area contributed by atoms with E-state index in [9.17, 15) is 23.1 Å². The molecule has 0 unspecified atom stereocenters. The van der Waals surface area contributed by atoms with Crippen LogP contribution in [0, 0.1) is 13.8 Å². The van der Waals surface area contributed by atoms with Crippen LogP contribution in [0.3, 0.4) is 0 Å². The third-order valence-corrected chi connectivity index (χ3v) is 6.07. The number of hydrogen-bond donors (Lipinski definition) is 0. The van der Waals surface area contributed by atoms with Crippen molar-refractivity contribution in [3.8, 4) is 16.3 Å². The van der Waals surface area contributed by atoms with Gasteiger partial charge in [-0.05, 0) is 62.4 Å². The van der Waals surface area contributed by atoms with Crippen LogP contribution in [0.25, 0.3) is 10.6 Å². The topological polar surface area (TPSA) is 62.2 Å². The minimum Gasteiger partial charge on any atom is -0.546 e. The summed E-state index contributed by atoms with van der Waals surface area (Å²) in [5.74, 6) is -0.744. The van der Waals surface area contributed by atoms with E-state index < -0.39 is 24.3 Å². The van der Waals surface area contributed by atoms with Crippen LogP contribution in [0.1, 0.15) is 33.7 Å². The molecule has 0 spiro atoms. The molecule has 0 aliphatic carbocycles. The van der Waals surface area contributed by atoms with Gasteiger partial charge in [-0.2, -0.15) is 13.2 Å². The summed E-state index contributed by atoms with van der Waals surface area (Å²) in [7, 11) is 0. The normalized spacial score (nSPS) is 11.5. The highest BCUT2D eigenvalue weighted by Crippen LogP contribution is 2.33. The monoisotopic (exact) mass is 448 g/mol. The van der Waals surface area contributed by atoms with Gasteiger partial charge in [-0.15, -0.1) is 11.3 Å². The number of ether oxygens (including phenoxy) is 1.